The Morgan fingerprint density at radius 1 is 1.26 bits per heavy atom. The molecule has 0 aliphatic carbocycles. The summed E-state index contributed by atoms with van der Waals surface area (Å²) in [6, 6.07) is 10.4. The Hall–Kier alpha value is -4.05. The second-order valence-electron chi connectivity index (χ2n) is 7.18. The molecule has 4 aromatic rings. The van der Waals surface area contributed by atoms with Gasteiger partial charge in [0.1, 0.15) is 12.0 Å². The van der Waals surface area contributed by atoms with Crippen molar-refractivity contribution in [2.45, 2.75) is 30.5 Å². The number of halogens is 3. The molecule has 0 saturated carbocycles. The largest absolute Gasteiger partial charge is 0.446 e. The van der Waals surface area contributed by atoms with Crippen LogP contribution in [0.5, 0.6) is 0 Å². The molecule has 0 aliphatic heterocycles. The molecule has 9 nitrogen and oxygen atoms in total. The van der Waals surface area contributed by atoms with Gasteiger partial charge in [0.25, 0.3) is 0 Å². The molecule has 0 amide bonds. The van der Waals surface area contributed by atoms with Gasteiger partial charge in [0.15, 0.2) is 9.84 Å². The summed E-state index contributed by atoms with van der Waals surface area (Å²) >= 11 is 0. The average molecular weight is 504 g/mol. The molecule has 0 saturated heterocycles. The summed E-state index contributed by atoms with van der Waals surface area (Å²) in [4.78, 5) is 20.6. The van der Waals surface area contributed by atoms with Crippen LogP contribution in [-0.2, 0) is 14.6 Å². The number of aromatic nitrogens is 5. The number of hydrogen-bond donors (Lipinski definition) is 1. The number of aldehydes is 1. The van der Waals surface area contributed by atoms with Crippen LogP contribution in [0.3, 0.4) is 0 Å². The fraction of sp³-hybridized carbons (Fsp3) is 0.227. The number of aromatic amines is 1. The van der Waals surface area contributed by atoms with Crippen LogP contribution in [0.1, 0.15) is 24.9 Å². The molecule has 1 aromatic carbocycles. The van der Waals surface area contributed by atoms with Crippen LogP contribution in [-0.4, -0.2) is 51.4 Å². The predicted octanol–water partition coefficient (Wildman–Crippen LogP) is 3.87. The Kier molecular flexibility index (Phi) is 7.65. The van der Waals surface area contributed by atoms with E-state index in [1.807, 2.05) is 18.3 Å². The first-order chi connectivity index (χ1) is 16.6. The maximum Gasteiger partial charge on any atom is 0.446 e. The summed E-state index contributed by atoms with van der Waals surface area (Å²) in [7, 11) is -3.34. The van der Waals surface area contributed by atoms with Crippen LogP contribution in [0.25, 0.3) is 22.3 Å². The van der Waals surface area contributed by atoms with Gasteiger partial charge in [-0.25, -0.2) is 18.4 Å². The van der Waals surface area contributed by atoms with Crippen molar-refractivity contribution in [2.75, 3.05) is 5.75 Å². The highest BCUT2D eigenvalue weighted by molar-refractivity contribution is 7.91. The highest BCUT2D eigenvalue weighted by Crippen LogP contribution is 2.28. The number of carbonyl (C=O) groups is 1. The Morgan fingerprint density at radius 2 is 2.00 bits per heavy atom. The Bertz CT molecular complexity index is 1470. The van der Waals surface area contributed by atoms with E-state index in [4.69, 9.17) is 4.79 Å². The van der Waals surface area contributed by atoms with Crippen LogP contribution in [0.15, 0.2) is 60.1 Å². The average Bonchev–Trinajstić information content (AvgIpc) is 3.52. The molecule has 3 aromatic heterocycles. The zero-order chi connectivity index (χ0) is 25.6. The van der Waals surface area contributed by atoms with Crippen molar-refractivity contribution in [3.63, 3.8) is 0 Å². The maximum atomic E-state index is 12.3. The number of sulfone groups is 1. The molecule has 0 radical (unpaired) electrons. The first kappa shape index (κ1) is 25.6. The fourth-order valence-corrected chi connectivity index (χ4v) is 4.20. The van der Waals surface area contributed by atoms with Crippen molar-refractivity contribution >= 4 is 27.2 Å². The van der Waals surface area contributed by atoms with E-state index in [2.05, 4.69) is 26.1 Å². The van der Waals surface area contributed by atoms with Crippen LogP contribution >= 0.6 is 0 Å². The number of rotatable bonds is 6. The number of nitriles is 1. The van der Waals surface area contributed by atoms with E-state index in [0.717, 1.165) is 22.3 Å². The summed E-state index contributed by atoms with van der Waals surface area (Å²) in [5.41, 5.74) is 2.97. The van der Waals surface area contributed by atoms with Gasteiger partial charge in [-0.1, -0.05) is 19.1 Å². The van der Waals surface area contributed by atoms with E-state index >= 15 is 0 Å². The third-order valence-electron chi connectivity index (χ3n) is 4.95. The number of nitrogens with zero attached hydrogens (tertiary/aromatic N) is 5. The number of hydrogen-bond acceptors (Lipinski definition) is 7. The van der Waals surface area contributed by atoms with E-state index in [0.29, 0.717) is 5.56 Å². The lowest BCUT2D eigenvalue weighted by molar-refractivity contribution is -0.156. The van der Waals surface area contributed by atoms with E-state index in [9.17, 15) is 26.9 Å². The lowest BCUT2D eigenvalue weighted by Gasteiger charge is -2.16. The molecule has 0 fully saturated rings. The number of alkyl halides is 3. The van der Waals surface area contributed by atoms with Crippen molar-refractivity contribution in [3.8, 4) is 17.3 Å². The lowest BCUT2D eigenvalue weighted by Crippen LogP contribution is -2.12. The van der Waals surface area contributed by atoms with Crippen LogP contribution < -0.4 is 0 Å². The third-order valence-corrected chi connectivity index (χ3v) is 6.68. The predicted molar refractivity (Wildman–Crippen MR) is 120 cm³/mol. The molecule has 4 rings (SSSR count). The molecule has 0 spiro atoms. The number of nitrogens with one attached hydrogen (secondary N) is 1. The molecule has 0 bridgehead atoms. The highest BCUT2D eigenvalue weighted by Gasteiger charge is 2.25. The van der Waals surface area contributed by atoms with Crippen LogP contribution in [0.4, 0.5) is 13.2 Å². The molecule has 1 atom stereocenters. The first-order valence-corrected chi connectivity index (χ1v) is 11.8. The standard InChI is InChI=1S/C20H18N6O2S.C2HF3O/c1-2-29(27,28)16-5-3-4-14(10-16)18(6-8-21)26-12-15(11-25-26)19-17-7-9-22-20(17)24-13-23-19;3-2(4,5)1-6/h3-5,7,9-13,18H,2,6H2,1H3,(H,22,23,24);1H. The van der Waals surface area contributed by atoms with Crippen LogP contribution in [0.2, 0.25) is 0 Å². The van der Waals surface area contributed by atoms with Crippen molar-refractivity contribution in [2.24, 2.45) is 0 Å². The maximum absolute atomic E-state index is 12.3. The Morgan fingerprint density at radius 3 is 2.66 bits per heavy atom. The van der Waals surface area contributed by atoms with Gasteiger partial charge in [-0.15, -0.1) is 0 Å². The normalized spacial score (nSPS) is 12.4. The minimum atomic E-state index is -4.64. The minimum Gasteiger partial charge on any atom is -0.346 e. The molecule has 1 N–H and O–H groups in total. The zero-order valence-electron chi connectivity index (χ0n) is 18.3. The van der Waals surface area contributed by atoms with Gasteiger partial charge in [-0.05, 0) is 23.8 Å². The van der Waals surface area contributed by atoms with E-state index in [1.165, 1.54) is 6.33 Å². The minimum absolute atomic E-state index is 0.0195. The molecule has 0 aliphatic rings. The quantitative estimate of drug-likeness (QED) is 0.394. The van der Waals surface area contributed by atoms with Gasteiger partial charge in [0.2, 0.25) is 6.29 Å². The molecular weight excluding hydrogens is 485 g/mol. The van der Waals surface area contributed by atoms with Crippen molar-refractivity contribution in [1.82, 2.24) is 24.7 Å². The monoisotopic (exact) mass is 504 g/mol. The Balaban J connectivity index is 0.000000509. The van der Waals surface area contributed by atoms with Gasteiger partial charge in [-0.2, -0.15) is 23.5 Å². The molecular formula is C22H19F3N6O3S. The molecule has 182 valence electrons. The van der Waals surface area contributed by atoms with E-state index < -0.39 is 28.3 Å². The number of fused-ring (bicyclic) bond motifs is 1. The molecule has 3 heterocycles. The molecule has 1 unspecified atom stereocenters. The second kappa shape index (κ2) is 10.5. The third kappa shape index (κ3) is 6.10. The number of H-pyrrole nitrogens is 1. The van der Waals surface area contributed by atoms with E-state index in [1.54, 1.807) is 42.2 Å². The van der Waals surface area contributed by atoms with Crippen LogP contribution in [0, 0.1) is 11.3 Å². The van der Waals surface area contributed by atoms with Gasteiger partial charge >= 0.3 is 6.18 Å². The highest BCUT2D eigenvalue weighted by atomic mass is 32.2. The number of carbonyl (C=O) groups excluding carboxylic acids is 1. The van der Waals surface area contributed by atoms with Gasteiger partial charge in [0, 0.05) is 23.3 Å². The van der Waals surface area contributed by atoms with Gasteiger partial charge in [-0.3, -0.25) is 9.48 Å². The smallest absolute Gasteiger partial charge is 0.346 e. The summed E-state index contributed by atoms with van der Waals surface area (Å²) in [6.45, 7) is 1.61. The molecule has 13 heteroatoms. The Labute approximate surface area is 198 Å². The zero-order valence-corrected chi connectivity index (χ0v) is 19.1. The van der Waals surface area contributed by atoms with Crippen molar-refractivity contribution in [1.29, 1.82) is 5.26 Å². The summed E-state index contributed by atoms with van der Waals surface area (Å²) in [5, 5.41) is 14.6. The topological polar surface area (TPSA) is 134 Å². The first-order valence-electron chi connectivity index (χ1n) is 10.1. The SMILES string of the molecule is CCS(=O)(=O)c1cccc(C(CC#N)n2cc(-c3ncnc4[nH]ccc34)cn2)c1.O=CC(F)(F)F. The van der Waals surface area contributed by atoms with Gasteiger partial charge < -0.3 is 4.98 Å². The summed E-state index contributed by atoms with van der Waals surface area (Å²) < 4.78 is 57.4. The number of benzene rings is 1. The summed E-state index contributed by atoms with van der Waals surface area (Å²) in [6.07, 6.45) is 1.24. The van der Waals surface area contributed by atoms with E-state index in [-0.39, 0.29) is 17.1 Å². The molecule has 35 heavy (non-hydrogen) atoms. The van der Waals surface area contributed by atoms with Crippen molar-refractivity contribution < 1.29 is 26.4 Å². The summed E-state index contributed by atoms with van der Waals surface area (Å²) in [5.74, 6) is 0.0195. The van der Waals surface area contributed by atoms with Gasteiger partial charge in [0.05, 0.1) is 41.1 Å². The fourth-order valence-electron chi connectivity index (χ4n) is 3.27. The second-order valence-corrected chi connectivity index (χ2v) is 9.46. The van der Waals surface area contributed by atoms with Crippen molar-refractivity contribution in [3.05, 3.63) is 60.8 Å². The lowest BCUT2D eigenvalue weighted by atomic mass is 10.0.